The molecule has 0 aromatic heterocycles. The maximum Gasteiger partial charge on any atom is 0.0948 e. The van der Waals surface area contributed by atoms with Crippen LogP contribution in [0.1, 0.15) is 13.8 Å². The highest BCUT2D eigenvalue weighted by molar-refractivity contribution is 7.85. The third-order valence-electron chi connectivity index (χ3n) is 0.704. The van der Waals surface area contributed by atoms with E-state index in [9.17, 15) is 13.0 Å². The van der Waals surface area contributed by atoms with Gasteiger partial charge in [0.25, 0.3) is 0 Å². The van der Waals surface area contributed by atoms with Gasteiger partial charge in [0.15, 0.2) is 0 Å². The third kappa shape index (κ3) is 43.6. The van der Waals surface area contributed by atoms with Crippen molar-refractivity contribution < 1.29 is 22.9 Å². The molecule has 94 valence electrons. The second kappa shape index (κ2) is 11.1. The van der Waals surface area contributed by atoms with E-state index >= 15 is 0 Å². The highest BCUT2D eigenvalue weighted by Crippen LogP contribution is 1.95. The lowest BCUT2D eigenvalue weighted by molar-refractivity contribution is -0.297. The summed E-state index contributed by atoms with van der Waals surface area (Å²) in [6, 6.07) is 0. The normalized spacial score (nSPS) is 8.80. The molecule has 0 aromatic carbocycles. The molecule has 8 heteroatoms. The van der Waals surface area contributed by atoms with Crippen LogP contribution >= 0.6 is 0 Å². The van der Waals surface area contributed by atoms with E-state index in [-0.39, 0.29) is 24.0 Å². The van der Waals surface area contributed by atoms with E-state index in [1.54, 1.807) is 13.8 Å². The van der Waals surface area contributed by atoms with Gasteiger partial charge in [0.1, 0.15) is 0 Å². The Hall–Kier alpha value is -0.960. The van der Waals surface area contributed by atoms with Crippen molar-refractivity contribution >= 4 is 16.1 Å². The maximum atomic E-state index is 9.89. The summed E-state index contributed by atoms with van der Waals surface area (Å²) in [6.07, 6.45) is 0.722. The van der Waals surface area contributed by atoms with E-state index in [4.69, 9.17) is 9.90 Å². The molecule has 0 saturated heterocycles. The topological polar surface area (TPSA) is 170 Å². The molecule has 0 saturated carbocycles. The van der Waals surface area contributed by atoms with Crippen molar-refractivity contribution in [2.45, 2.75) is 13.8 Å². The third-order valence-corrected chi connectivity index (χ3v) is 1.78. The zero-order valence-corrected chi connectivity index (χ0v) is 10.3. The molecule has 0 radical (unpaired) electrons. The monoisotopic (exact) mass is 244 g/mol. The standard InChI is InChI=1S/C4H10O3S.C3H4O2.2H3N/c1-4(2)3-8(5,6)7;1-2-3(4)5;;/h4H,3H2,1-2H3,(H,5,6,7);2H,1H2,(H,4,5);2*1H3. The Morgan fingerprint density at radius 3 is 1.67 bits per heavy atom. The quantitative estimate of drug-likeness (QED) is 0.518. The van der Waals surface area contributed by atoms with Gasteiger partial charge in [-0.15, -0.1) is 0 Å². The van der Waals surface area contributed by atoms with Gasteiger partial charge in [0.2, 0.25) is 0 Å². The second-order valence-corrected chi connectivity index (χ2v) is 4.09. The minimum atomic E-state index is -3.97. The van der Waals surface area contributed by atoms with Crippen molar-refractivity contribution in [1.82, 2.24) is 12.3 Å². The molecule has 8 N–H and O–H groups in total. The fraction of sp³-hybridized carbons (Fsp3) is 0.571. The minimum Gasteiger partial charge on any atom is -0.748 e. The largest absolute Gasteiger partial charge is 0.748 e. The smallest absolute Gasteiger partial charge is 0.0948 e. The van der Waals surface area contributed by atoms with Crippen molar-refractivity contribution in [3.8, 4) is 0 Å². The summed E-state index contributed by atoms with van der Waals surface area (Å²) in [7, 11) is -3.97. The number of carboxylic acid groups (broad SMARTS) is 1. The van der Waals surface area contributed by atoms with Gasteiger partial charge >= 0.3 is 0 Å². The Labute approximate surface area is 90.1 Å². The van der Waals surface area contributed by atoms with Crippen LogP contribution in [0.15, 0.2) is 12.7 Å². The van der Waals surface area contributed by atoms with E-state index in [0.717, 1.165) is 6.08 Å². The van der Waals surface area contributed by atoms with Gasteiger partial charge in [0.05, 0.1) is 16.1 Å². The van der Waals surface area contributed by atoms with Crippen LogP contribution in [0.4, 0.5) is 0 Å². The molecular weight excluding hydrogens is 224 g/mol. The molecule has 0 rings (SSSR count). The van der Waals surface area contributed by atoms with Gasteiger partial charge < -0.3 is 26.8 Å². The molecule has 15 heavy (non-hydrogen) atoms. The predicted octanol–water partition coefficient (Wildman–Crippen LogP) is -0.138. The van der Waals surface area contributed by atoms with Gasteiger partial charge in [-0.25, -0.2) is 8.42 Å². The average molecular weight is 244 g/mol. The summed E-state index contributed by atoms with van der Waals surface area (Å²) in [5.41, 5.74) is 0. The number of rotatable bonds is 3. The number of carbonyl (C=O) groups is 1. The zero-order valence-electron chi connectivity index (χ0n) is 9.52. The Morgan fingerprint density at radius 2 is 1.67 bits per heavy atom. The van der Waals surface area contributed by atoms with Gasteiger partial charge in [-0.05, 0) is 12.0 Å². The number of carboxylic acids is 1. The van der Waals surface area contributed by atoms with Crippen LogP contribution in [0.2, 0.25) is 0 Å². The van der Waals surface area contributed by atoms with Crippen LogP contribution in [0.3, 0.4) is 0 Å². The first-order chi connectivity index (χ1) is 5.69. The molecular formula is C7H20N2O5S. The van der Waals surface area contributed by atoms with Crippen LogP contribution in [-0.2, 0) is 14.9 Å². The molecule has 0 aromatic rings. The van der Waals surface area contributed by atoms with Crippen molar-refractivity contribution in [3.63, 3.8) is 0 Å². The van der Waals surface area contributed by atoms with Crippen LogP contribution in [0.25, 0.3) is 0 Å². The number of carbonyl (C=O) groups excluding carboxylic acids is 1. The van der Waals surface area contributed by atoms with Gasteiger partial charge in [-0.2, -0.15) is 0 Å². The molecule has 0 atom stereocenters. The molecule has 0 amide bonds. The van der Waals surface area contributed by atoms with Crippen molar-refractivity contribution in [1.29, 1.82) is 0 Å². The lowest BCUT2D eigenvalue weighted by atomic mass is 10.3. The van der Waals surface area contributed by atoms with Crippen molar-refractivity contribution in [2.75, 3.05) is 5.75 Å². The summed E-state index contributed by atoms with van der Waals surface area (Å²) in [4.78, 5) is 9.14. The van der Waals surface area contributed by atoms with Crippen molar-refractivity contribution in [2.24, 2.45) is 5.92 Å². The number of hydrogen-bond acceptors (Lipinski definition) is 5. The molecule has 0 aliphatic carbocycles. The summed E-state index contributed by atoms with van der Waals surface area (Å²) < 4.78 is 29.7. The molecule has 0 fully saturated rings. The van der Waals surface area contributed by atoms with Crippen LogP contribution < -0.4 is 17.4 Å². The van der Waals surface area contributed by atoms with Crippen LogP contribution in [0, 0.1) is 5.92 Å². The van der Waals surface area contributed by atoms with Gasteiger partial charge in [0, 0.05) is 5.75 Å². The van der Waals surface area contributed by atoms with Crippen LogP contribution in [0.5, 0.6) is 0 Å². The van der Waals surface area contributed by atoms with E-state index in [2.05, 4.69) is 6.58 Å². The highest BCUT2D eigenvalue weighted by atomic mass is 32.2. The predicted molar refractivity (Wildman–Crippen MR) is 56.6 cm³/mol. The average Bonchev–Trinajstić information content (AvgIpc) is 1.83. The summed E-state index contributed by atoms with van der Waals surface area (Å²) in [6.45, 7) is 6.28. The van der Waals surface area contributed by atoms with Gasteiger partial charge in [-0.1, -0.05) is 20.4 Å². The maximum absolute atomic E-state index is 9.89. The Balaban J connectivity index is -0.0000000770. The van der Waals surface area contributed by atoms with E-state index in [1.807, 2.05) is 0 Å². The summed E-state index contributed by atoms with van der Waals surface area (Å²) >= 11 is 0. The Bertz CT molecular complexity index is 261. The van der Waals surface area contributed by atoms with Gasteiger partial charge in [-0.3, -0.25) is 0 Å². The molecule has 0 spiro atoms. The number of quaternary nitrogens is 2. The molecule has 7 nitrogen and oxygen atoms in total. The van der Waals surface area contributed by atoms with Crippen LogP contribution in [-0.4, -0.2) is 24.7 Å². The minimum absolute atomic E-state index is 0. The second-order valence-electron chi connectivity index (χ2n) is 2.64. The fourth-order valence-corrected chi connectivity index (χ4v) is 1.22. The van der Waals surface area contributed by atoms with E-state index in [1.165, 1.54) is 0 Å². The van der Waals surface area contributed by atoms with E-state index < -0.39 is 16.1 Å². The molecule has 0 heterocycles. The fourth-order valence-electron chi connectivity index (χ4n) is 0.408. The van der Waals surface area contributed by atoms with E-state index in [0.29, 0.717) is 0 Å². The number of hydrogen-bond donors (Lipinski definition) is 2. The molecule has 0 bridgehead atoms. The first kappa shape index (κ1) is 23.7. The first-order valence-electron chi connectivity index (χ1n) is 3.46. The number of aliphatic carboxylic acids is 1. The molecule has 0 aliphatic rings. The SMILES string of the molecule is C=CC(=O)[O-].CC(C)CS(=O)(=O)[O-].[NH4+].[NH4+]. The zero-order chi connectivity index (χ0) is 11.1. The lowest BCUT2D eigenvalue weighted by Crippen LogP contribution is -2.17. The first-order valence-corrected chi connectivity index (χ1v) is 5.03. The summed E-state index contributed by atoms with van der Waals surface area (Å²) in [5.74, 6) is -1.55. The summed E-state index contributed by atoms with van der Waals surface area (Å²) in [5, 5.41) is 9.14. The highest BCUT2D eigenvalue weighted by Gasteiger charge is 1.97. The molecule has 0 aliphatic heterocycles. The van der Waals surface area contributed by atoms with Crippen molar-refractivity contribution in [3.05, 3.63) is 12.7 Å². The molecule has 0 unspecified atom stereocenters. The Kier molecular flexibility index (Phi) is 17.6. The Morgan fingerprint density at radius 1 is 1.40 bits per heavy atom. The lowest BCUT2D eigenvalue weighted by Gasteiger charge is -2.07.